The van der Waals surface area contributed by atoms with E-state index < -0.39 is 12.0 Å². The third kappa shape index (κ3) is 4.64. The van der Waals surface area contributed by atoms with Crippen molar-refractivity contribution in [3.8, 4) is 11.5 Å². The van der Waals surface area contributed by atoms with Crippen LogP contribution in [-0.2, 0) is 14.3 Å². The molecule has 1 aliphatic rings. The number of carbonyl (C=O) groups excluding carboxylic acids is 1. The third-order valence-corrected chi connectivity index (χ3v) is 4.13. The second-order valence-corrected chi connectivity index (χ2v) is 5.92. The van der Waals surface area contributed by atoms with Gasteiger partial charge in [0.25, 0.3) is 0 Å². The summed E-state index contributed by atoms with van der Waals surface area (Å²) in [5.41, 5.74) is 1.84. The van der Waals surface area contributed by atoms with Gasteiger partial charge in [-0.15, -0.1) is 0 Å². The molecule has 0 aromatic heterocycles. The van der Waals surface area contributed by atoms with Crippen LogP contribution in [0.5, 0.6) is 11.5 Å². The van der Waals surface area contributed by atoms with Gasteiger partial charge in [0.1, 0.15) is 18.1 Å². The number of carbonyl (C=O) groups is 1. The van der Waals surface area contributed by atoms with Crippen LogP contribution < -0.4 is 20.1 Å². The van der Waals surface area contributed by atoms with Gasteiger partial charge in [-0.05, 0) is 38.2 Å². The number of hydrogen-bond donors (Lipinski definition) is 2. The molecule has 1 atom stereocenters. The Balaban J connectivity index is 2.33. The van der Waals surface area contributed by atoms with Gasteiger partial charge in [0, 0.05) is 23.9 Å². The molecule has 26 heavy (non-hydrogen) atoms. The van der Waals surface area contributed by atoms with Crippen LogP contribution in [-0.4, -0.2) is 45.1 Å². The summed E-state index contributed by atoms with van der Waals surface area (Å²) in [4.78, 5) is 12.7. The molecular weight excluding hydrogens is 356 g/mol. The number of ether oxygens (including phenoxy) is 4. The monoisotopic (exact) mass is 380 g/mol. The van der Waals surface area contributed by atoms with E-state index in [1.807, 2.05) is 13.0 Å². The van der Waals surface area contributed by atoms with Gasteiger partial charge in [0.05, 0.1) is 32.4 Å². The minimum atomic E-state index is -0.496. The molecule has 0 saturated carbocycles. The summed E-state index contributed by atoms with van der Waals surface area (Å²) in [6, 6.07) is 4.90. The topological polar surface area (TPSA) is 78.1 Å². The third-order valence-electron chi connectivity index (χ3n) is 3.91. The quantitative estimate of drug-likeness (QED) is 0.403. The summed E-state index contributed by atoms with van der Waals surface area (Å²) < 4.78 is 21.3. The molecule has 0 amide bonds. The van der Waals surface area contributed by atoms with Crippen LogP contribution in [0.25, 0.3) is 0 Å². The van der Waals surface area contributed by atoms with E-state index >= 15 is 0 Å². The highest BCUT2D eigenvalue weighted by Crippen LogP contribution is 2.35. The van der Waals surface area contributed by atoms with E-state index in [1.54, 1.807) is 33.3 Å². The van der Waals surface area contributed by atoms with Crippen molar-refractivity contribution in [2.45, 2.75) is 19.9 Å². The number of methoxy groups -OCH3 is 2. The largest absolute Gasteiger partial charge is 0.497 e. The molecule has 1 heterocycles. The maximum atomic E-state index is 12.7. The summed E-state index contributed by atoms with van der Waals surface area (Å²) in [7, 11) is 3.14. The fraction of sp³-hybridized carbons (Fsp3) is 0.444. The molecule has 1 aliphatic heterocycles. The maximum Gasteiger partial charge on any atom is 0.338 e. The lowest BCUT2D eigenvalue weighted by Gasteiger charge is -2.30. The Labute approximate surface area is 158 Å². The van der Waals surface area contributed by atoms with E-state index in [2.05, 4.69) is 10.6 Å². The van der Waals surface area contributed by atoms with Crippen LogP contribution in [0, 0.1) is 0 Å². The predicted molar refractivity (Wildman–Crippen MR) is 101 cm³/mol. The molecule has 7 nitrogen and oxygen atoms in total. The average Bonchev–Trinajstić information content (AvgIpc) is 2.63. The van der Waals surface area contributed by atoms with Crippen molar-refractivity contribution >= 4 is 23.3 Å². The van der Waals surface area contributed by atoms with Crippen LogP contribution in [0.2, 0.25) is 0 Å². The van der Waals surface area contributed by atoms with Gasteiger partial charge < -0.3 is 29.6 Å². The Bertz CT molecular complexity index is 705. The lowest BCUT2D eigenvalue weighted by atomic mass is 9.94. The van der Waals surface area contributed by atoms with Crippen LogP contribution in [0.15, 0.2) is 29.5 Å². The lowest BCUT2D eigenvalue weighted by Crippen LogP contribution is -2.45. The summed E-state index contributed by atoms with van der Waals surface area (Å²) in [6.07, 6.45) is 0. The highest BCUT2D eigenvalue weighted by molar-refractivity contribution is 7.80. The number of allylic oxidation sites excluding steroid dienone is 1. The van der Waals surface area contributed by atoms with Crippen LogP contribution in [0.3, 0.4) is 0 Å². The summed E-state index contributed by atoms with van der Waals surface area (Å²) >= 11 is 5.26. The number of esters is 1. The van der Waals surface area contributed by atoms with Gasteiger partial charge >= 0.3 is 5.97 Å². The van der Waals surface area contributed by atoms with E-state index in [0.29, 0.717) is 41.1 Å². The second kappa shape index (κ2) is 9.40. The first-order valence-corrected chi connectivity index (χ1v) is 8.67. The zero-order chi connectivity index (χ0) is 19.1. The van der Waals surface area contributed by atoms with Crippen molar-refractivity contribution in [2.75, 3.05) is 34.0 Å². The van der Waals surface area contributed by atoms with Crippen molar-refractivity contribution in [3.63, 3.8) is 0 Å². The van der Waals surface area contributed by atoms with E-state index in [9.17, 15) is 4.79 Å². The smallest absolute Gasteiger partial charge is 0.338 e. The second-order valence-electron chi connectivity index (χ2n) is 5.51. The lowest BCUT2D eigenvalue weighted by molar-refractivity contribution is -0.141. The first-order chi connectivity index (χ1) is 12.5. The van der Waals surface area contributed by atoms with Crippen molar-refractivity contribution < 1.29 is 23.7 Å². The van der Waals surface area contributed by atoms with Gasteiger partial charge in [-0.3, -0.25) is 0 Å². The van der Waals surface area contributed by atoms with Crippen LogP contribution in [0.1, 0.15) is 25.5 Å². The minimum absolute atomic E-state index is 0.181. The molecule has 142 valence electrons. The molecule has 1 aromatic carbocycles. The molecule has 2 rings (SSSR count). The zero-order valence-electron chi connectivity index (χ0n) is 15.4. The zero-order valence-corrected chi connectivity index (χ0v) is 16.2. The highest BCUT2D eigenvalue weighted by atomic mass is 32.1. The summed E-state index contributed by atoms with van der Waals surface area (Å²) in [6.45, 7) is 4.78. The molecule has 1 aromatic rings. The van der Waals surface area contributed by atoms with Gasteiger partial charge in [0.15, 0.2) is 5.11 Å². The molecule has 8 heteroatoms. The van der Waals surface area contributed by atoms with Crippen molar-refractivity contribution in [2.24, 2.45) is 0 Å². The Morgan fingerprint density at radius 1 is 1.23 bits per heavy atom. The van der Waals surface area contributed by atoms with E-state index in [0.717, 1.165) is 5.56 Å². The fourth-order valence-electron chi connectivity index (χ4n) is 2.67. The molecule has 0 saturated heterocycles. The summed E-state index contributed by atoms with van der Waals surface area (Å²) in [5, 5.41) is 6.52. The van der Waals surface area contributed by atoms with Crippen LogP contribution >= 0.6 is 12.2 Å². The molecule has 1 unspecified atom stereocenters. The van der Waals surface area contributed by atoms with Gasteiger partial charge in [-0.1, -0.05) is 0 Å². The van der Waals surface area contributed by atoms with E-state index in [4.69, 9.17) is 31.2 Å². The standard InChI is InChI=1S/C18H24N2O5S/c1-5-24-8-9-25-17(21)15-11(2)19-18(26)20-16(15)13-7-6-12(22-3)10-14(13)23-4/h6-7,10,16H,5,8-9H2,1-4H3,(H2,19,20,26). The molecule has 2 N–H and O–H groups in total. The fourth-order valence-corrected chi connectivity index (χ4v) is 2.94. The van der Waals surface area contributed by atoms with Crippen LogP contribution in [0.4, 0.5) is 0 Å². The normalized spacial score (nSPS) is 16.6. The van der Waals surface area contributed by atoms with E-state index in [1.165, 1.54) is 0 Å². The van der Waals surface area contributed by atoms with Crippen molar-refractivity contribution in [3.05, 3.63) is 35.0 Å². The van der Waals surface area contributed by atoms with Crippen molar-refractivity contribution in [1.82, 2.24) is 10.6 Å². The number of nitrogens with one attached hydrogen (secondary N) is 2. The highest BCUT2D eigenvalue weighted by Gasteiger charge is 2.32. The summed E-state index contributed by atoms with van der Waals surface area (Å²) in [5.74, 6) is 0.801. The molecular formula is C18H24N2O5S. The Morgan fingerprint density at radius 3 is 2.65 bits per heavy atom. The Hall–Kier alpha value is -2.32. The van der Waals surface area contributed by atoms with Gasteiger partial charge in [-0.25, -0.2) is 4.79 Å². The first kappa shape index (κ1) is 20.0. The minimum Gasteiger partial charge on any atom is -0.497 e. The maximum absolute atomic E-state index is 12.7. The van der Waals surface area contributed by atoms with Gasteiger partial charge in [-0.2, -0.15) is 0 Å². The van der Waals surface area contributed by atoms with E-state index in [-0.39, 0.29) is 6.61 Å². The van der Waals surface area contributed by atoms with Crippen molar-refractivity contribution in [1.29, 1.82) is 0 Å². The molecule has 0 spiro atoms. The Morgan fingerprint density at radius 2 is 2.00 bits per heavy atom. The number of hydrogen-bond acceptors (Lipinski definition) is 6. The van der Waals surface area contributed by atoms with Gasteiger partial charge in [0.2, 0.25) is 0 Å². The SMILES string of the molecule is CCOCCOC(=O)C1=C(C)NC(=S)NC1c1ccc(OC)cc1OC. The number of benzene rings is 1. The molecule has 0 radical (unpaired) electrons. The predicted octanol–water partition coefficient (Wildman–Crippen LogP) is 2.08. The number of rotatable bonds is 8. The molecule has 0 fully saturated rings. The Kier molecular flexibility index (Phi) is 7.23. The molecule has 0 bridgehead atoms. The average molecular weight is 380 g/mol. The molecule has 0 aliphatic carbocycles. The first-order valence-electron chi connectivity index (χ1n) is 8.26. The number of thiocarbonyl (C=S) groups is 1.